The summed E-state index contributed by atoms with van der Waals surface area (Å²) in [4.78, 5) is 0. The van der Waals surface area contributed by atoms with Gasteiger partial charge in [0.25, 0.3) is 0 Å². The molecule has 5 heteroatoms. The number of halogens is 3. The van der Waals surface area contributed by atoms with Crippen LogP contribution in [-0.2, 0) is 6.18 Å². The van der Waals surface area contributed by atoms with E-state index in [4.69, 9.17) is 0 Å². The van der Waals surface area contributed by atoms with Crippen molar-refractivity contribution in [3.63, 3.8) is 0 Å². The van der Waals surface area contributed by atoms with E-state index in [9.17, 15) is 13.2 Å². The lowest BCUT2D eigenvalue weighted by molar-refractivity contribution is -0.137. The van der Waals surface area contributed by atoms with Gasteiger partial charge in [-0.05, 0) is 17.7 Å². The van der Waals surface area contributed by atoms with Crippen molar-refractivity contribution in [2.45, 2.75) is 6.18 Å². The quantitative estimate of drug-likeness (QED) is 0.433. The third-order valence-electron chi connectivity index (χ3n) is 3.67. The first-order valence-electron chi connectivity index (χ1n) is 7.93. The molecule has 0 spiro atoms. The second kappa shape index (κ2) is 7.78. The monoisotopic (exact) mass is 352 g/mol. The van der Waals surface area contributed by atoms with Gasteiger partial charge >= 0.3 is 6.18 Å². The third-order valence-corrected chi connectivity index (χ3v) is 3.67. The molecule has 0 heterocycles. The van der Waals surface area contributed by atoms with Crippen LogP contribution >= 0.6 is 0 Å². The Balaban J connectivity index is 1.93. The average Bonchev–Trinajstić information content (AvgIpc) is 2.66. The van der Waals surface area contributed by atoms with Crippen molar-refractivity contribution in [3.8, 4) is 0 Å². The first-order valence-corrected chi connectivity index (χ1v) is 7.93. The smallest absolute Gasteiger partial charge is 0.166 e. The van der Waals surface area contributed by atoms with Crippen LogP contribution < -0.4 is 0 Å². The highest BCUT2D eigenvalue weighted by Crippen LogP contribution is 2.29. The minimum atomic E-state index is -4.38. The summed E-state index contributed by atoms with van der Waals surface area (Å²) in [5, 5.41) is 8.27. The van der Waals surface area contributed by atoms with E-state index < -0.39 is 11.7 Å². The maximum absolute atomic E-state index is 12.8. The summed E-state index contributed by atoms with van der Waals surface area (Å²) in [7, 11) is 0. The van der Waals surface area contributed by atoms with Crippen molar-refractivity contribution in [3.05, 3.63) is 107 Å². The molecule has 0 aliphatic rings. The summed E-state index contributed by atoms with van der Waals surface area (Å²) in [6, 6.07) is 24.0. The summed E-state index contributed by atoms with van der Waals surface area (Å²) in [6.07, 6.45) is -3.06. The molecule has 0 atom stereocenters. The van der Waals surface area contributed by atoms with Crippen molar-refractivity contribution >= 4 is 11.9 Å². The second-order valence-corrected chi connectivity index (χ2v) is 5.55. The maximum Gasteiger partial charge on any atom is 0.416 e. The van der Waals surface area contributed by atoms with Crippen LogP contribution in [0.3, 0.4) is 0 Å². The Morgan fingerprint density at radius 1 is 0.731 bits per heavy atom. The Kier molecular flexibility index (Phi) is 5.27. The number of alkyl halides is 3. The van der Waals surface area contributed by atoms with Gasteiger partial charge in [-0.15, -0.1) is 5.10 Å². The Labute approximate surface area is 149 Å². The molecule has 0 aromatic heterocycles. The summed E-state index contributed by atoms with van der Waals surface area (Å²) >= 11 is 0. The van der Waals surface area contributed by atoms with Crippen LogP contribution in [0.25, 0.3) is 0 Å². The molecule has 130 valence electrons. The highest BCUT2D eigenvalue weighted by atomic mass is 19.4. The molecule has 3 aromatic rings. The van der Waals surface area contributed by atoms with Gasteiger partial charge in [0.05, 0.1) is 11.8 Å². The fraction of sp³-hybridized carbons (Fsp3) is 0.0476. The molecular weight excluding hydrogens is 337 g/mol. The van der Waals surface area contributed by atoms with E-state index in [1.54, 1.807) is 6.07 Å². The van der Waals surface area contributed by atoms with Crippen LogP contribution in [0.4, 0.5) is 13.2 Å². The topological polar surface area (TPSA) is 24.7 Å². The molecule has 0 unspecified atom stereocenters. The molecule has 26 heavy (non-hydrogen) atoms. The van der Waals surface area contributed by atoms with Crippen LogP contribution in [0.2, 0.25) is 0 Å². The fourth-order valence-corrected chi connectivity index (χ4v) is 2.42. The van der Waals surface area contributed by atoms with Gasteiger partial charge in [0.2, 0.25) is 0 Å². The zero-order chi connectivity index (χ0) is 18.4. The summed E-state index contributed by atoms with van der Waals surface area (Å²) in [6.45, 7) is 0. The summed E-state index contributed by atoms with van der Waals surface area (Å²) in [5.41, 5.74) is 2.02. The van der Waals surface area contributed by atoms with Crippen LogP contribution in [0.15, 0.2) is 95.1 Å². The van der Waals surface area contributed by atoms with Gasteiger partial charge in [0.15, 0.2) is 0 Å². The molecule has 0 saturated carbocycles. The zero-order valence-electron chi connectivity index (χ0n) is 13.7. The van der Waals surface area contributed by atoms with E-state index in [2.05, 4.69) is 10.2 Å². The van der Waals surface area contributed by atoms with Crippen molar-refractivity contribution in [1.29, 1.82) is 0 Å². The highest BCUT2D eigenvalue weighted by Gasteiger charge is 2.30. The molecule has 0 aliphatic carbocycles. The summed E-state index contributed by atoms with van der Waals surface area (Å²) in [5.74, 6) is 0. The third kappa shape index (κ3) is 4.45. The van der Waals surface area contributed by atoms with Crippen LogP contribution in [0, 0.1) is 0 Å². The van der Waals surface area contributed by atoms with E-state index in [0.29, 0.717) is 11.3 Å². The van der Waals surface area contributed by atoms with E-state index in [0.717, 1.165) is 23.3 Å². The van der Waals surface area contributed by atoms with Gasteiger partial charge in [-0.1, -0.05) is 72.8 Å². The van der Waals surface area contributed by atoms with Crippen LogP contribution in [0.5, 0.6) is 0 Å². The Bertz CT molecular complexity index is 873. The number of benzene rings is 3. The predicted molar refractivity (Wildman–Crippen MR) is 97.6 cm³/mol. The number of hydrogen-bond donors (Lipinski definition) is 0. The molecule has 2 nitrogen and oxygen atoms in total. The zero-order valence-corrected chi connectivity index (χ0v) is 13.7. The second-order valence-electron chi connectivity index (χ2n) is 5.55. The fourth-order valence-electron chi connectivity index (χ4n) is 2.42. The SMILES string of the molecule is FC(F)(F)c1cccc(/C=N\N=C(c2ccccc2)c2ccccc2)c1. The van der Waals surface area contributed by atoms with Crippen LogP contribution in [-0.4, -0.2) is 11.9 Å². The van der Waals surface area contributed by atoms with Gasteiger partial charge < -0.3 is 0 Å². The maximum atomic E-state index is 12.8. The normalized spacial score (nSPS) is 11.5. The minimum Gasteiger partial charge on any atom is -0.166 e. The van der Waals surface area contributed by atoms with Crippen molar-refractivity contribution < 1.29 is 13.2 Å². The molecule has 0 fully saturated rings. The Hall–Kier alpha value is -3.21. The van der Waals surface area contributed by atoms with Crippen molar-refractivity contribution in [2.75, 3.05) is 0 Å². The van der Waals surface area contributed by atoms with E-state index in [1.165, 1.54) is 12.3 Å². The predicted octanol–water partition coefficient (Wildman–Crippen LogP) is 5.58. The van der Waals surface area contributed by atoms with Gasteiger partial charge in [0.1, 0.15) is 5.71 Å². The molecule has 0 amide bonds. The standard InChI is InChI=1S/C21H15F3N2/c22-21(23,24)19-13-7-8-16(14-19)15-25-26-20(17-9-3-1-4-10-17)18-11-5-2-6-12-18/h1-15H/b25-15-. The molecule has 0 bridgehead atoms. The Morgan fingerprint density at radius 2 is 1.31 bits per heavy atom. The lowest BCUT2D eigenvalue weighted by Crippen LogP contribution is -2.05. The minimum absolute atomic E-state index is 0.337. The molecular formula is C21H15F3N2. The first kappa shape index (κ1) is 17.6. The lowest BCUT2D eigenvalue weighted by Gasteiger charge is -2.06. The van der Waals surface area contributed by atoms with Crippen molar-refractivity contribution in [2.24, 2.45) is 10.2 Å². The molecule has 3 aromatic carbocycles. The van der Waals surface area contributed by atoms with Crippen LogP contribution in [0.1, 0.15) is 22.3 Å². The molecule has 0 radical (unpaired) electrons. The van der Waals surface area contributed by atoms with Gasteiger partial charge in [-0.25, -0.2) is 0 Å². The molecule has 3 rings (SSSR count). The van der Waals surface area contributed by atoms with E-state index in [1.807, 2.05) is 60.7 Å². The van der Waals surface area contributed by atoms with E-state index in [-0.39, 0.29) is 0 Å². The van der Waals surface area contributed by atoms with Gasteiger partial charge in [-0.3, -0.25) is 0 Å². The van der Waals surface area contributed by atoms with Gasteiger partial charge in [0, 0.05) is 11.1 Å². The number of rotatable bonds is 4. The number of nitrogens with zero attached hydrogens (tertiary/aromatic N) is 2. The van der Waals surface area contributed by atoms with Crippen molar-refractivity contribution in [1.82, 2.24) is 0 Å². The molecule has 0 saturated heterocycles. The largest absolute Gasteiger partial charge is 0.416 e. The Morgan fingerprint density at radius 3 is 1.85 bits per heavy atom. The molecule has 0 N–H and O–H groups in total. The molecule has 0 aliphatic heterocycles. The first-order chi connectivity index (χ1) is 12.5. The number of hydrogen-bond acceptors (Lipinski definition) is 2. The average molecular weight is 352 g/mol. The highest BCUT2D eigenvalue weighted by molar-refractivity contribution is 6.12. The van der Waals surface area contributed by atoms with E-state index >= 15 is 0 Å². The lowest BCUT2D eigenvalue weighted by atomic mass is 10.0. The summed E-state index contributed by atoms with van der Waals surface area (Å²) < 4.78 is 38.4. The van der Waals surface area contributed by atoms with Gasteiger partial charge in [-0.2, -0.15) is 18.3 Å².